The first kappa shape index (κ1) is 15.8. The van der Waals surface area contributed by atoms with Gasteiger partial charge in [0.05, 0.1) is 18.3 Å². The minimum absolute atomic E-state index is 0.418. The van der Waals surface area contributed by atoms with E-state index in [1.165, 1.54) is 18.5 Å². The largest absolute Gasteiger partial charge is 0.490 e. The lowest BCUT2D eigenvalue weighted by Crippen LogP contribution is -2.28. The van der Waals surface area contributed by atoms with E-state index in [9.17, 15) is 0 Å². The van der Waals surface area contributed by atoms with Crippen LogP contribution in [0.1, 0.15) is 31.5 Å². The van der Waals surface area contributed by atoms with E-state index < -0.39 is 0 Å². The molecule has 23 heavy (non-hydrogen) atoms. The average Bonchev–Trinajstić information content (AvgIpc) is 3.06. The zero-order valence-electron chi connectivity index (χ0n) is 13.6. The van der Waals surface area contributed by atoms with Gasteiger partial charge in [-0.2, -0.15) is 0 Å². The predicted octanol–water partition coefficient (Wildman–Crippen LogP) is 3.70. The molecule has 0 N–H and O–H groups in total. The van der Waals surface area contributed by atoms with Crippen molar-refractivity contribution in [3.63, 3.8) is 0 Å². The van der Waals surface area contributed by atoms with E-state index in [-0.39, 0.29) is 0 Å². The Bertz CT molecular complexity index is 603. The lowest BCUT2D eigenvalue weighted by Gasteiger charge is -2.24. The van der Waals surface area contributed by atoms with Crippen LogP contribution in [0.2, 0.25) is 0 Å². The Hall–Kier alpha value is -2.07. The Morgan fingerprint density at radius 3 is 2.61 bits per heavy atom. The normalized spacial score (nSPS) is 18.0. The second-order valence-electron chi connectivity index (χ2n) is 5.68. The molecule has 0 unspecified atom stereocenters. The van der Waals surface area contributed by atoms with Crippen LogP contribution in [0.25, 0.3) is 0 Å². The van der Waals surface area contributed by atoms with Gasteiger partial charge in [0.15, 0.2) is 11.5 Å². The van der Waals surface area contributed by atoms with Gasteiger partial charge in [0.25, 0.3) is 0 Å². The second-order valence-corrected chi connectivity index (χ2v) is 5.68. The summed E-state index contributed by atoms with van der Waals surface area (Å²) in [6.07, 6.45) is 4.27. The average molecular weight is 312 g/mol. The summed E-state index contributed by atoms with van der Waals surface area (Å²) in [4.78, 5) is 6.98. The molecule has 0 spiro atoms. The Morgan fingerprint density at radius 2 is 1.87 bits per heavy atom. The highest BCUT2D eigenvalue weighted by Crippen LogP contribution is 2.31. The summed E-state index contributed by atoms with van der Waals surface area (Å²) in [5.41, 5.74) is 1.17. The van der Waals surface area contributed by atoms with Gasteiger partial charge in [-0.15, -0.1) is 0 Å². The van der Waals surface area contributed by atoms with Crippen LogP contribution in [0, 0.1) is 0 Å². The van der Waals surface area contributed by atoms with Gasteiger partial charge in [-0.1, -0.05) is 18.2 Å². The fourth-order valence-electron chi connectivity index (χ4n) is 3.12. The molecule has 0 bridgehead atoms. The quantitative estimate of drug-likeness (QED) is 0.781. The van der Waals surface area contributed by atoms with Gasteiger partial charge in [-0.3, -0.25) is 9.88 Å². The van der Waals surface area contributed by atoms with Gasteiger partial charge >= 0.3 is 0 Å². The molecule has 1 aliphatic rings. The molecule has 1 atom stereocenters. The first-order valence-corrected chi connectivity index (χ1v) is 8.38. The van der Waals surface area contributed by atoms with Crippen LogP contribution in [-0.4, -0.2) is 36.2 Å². The summed E-state index contributed by atoms with van der Waals surface area (Å²) in [5, 5.41) is 0. The first-order chi connectivity index (χ1) is 11.4. The van der Waals surface area contributed by atoms with Crippen molar-refractivity contribution in [2.75, 3.05) is 26.3 Å². The summed E-state index contributed by atoms with van der Waals surface area (Å²) in [6.45, 7) is 5.31. The summed E-state index contributed by atoms with van der Waals surface area (Å²) >= 11 is 0. The molecule has 1 fully saturated rings. The maximum absolute atomic E-state index is 5.95. The van der Waals surface area contributed by atoms with Crippen LogP contribution in [0.15, 0.2) is 48.7 Å². The molecule has 2 heterocycles. The summed E-state index contributed by atoms with van der Waals surface area (Å²) in [5.74, 6) is 1.64. The molecule has 2 aromatic rings. The number of rotatable bonds is 7. The van der Waals surface area contributed by atoms with Crippen molar-refractivity contribution in [2.45, 2.75) is 25.8 Å². The predicted molar refractivity (Wildman–Crippen MR) is 90.9 cm³/mol. The lowest BCUT2D eigenvalue weighted by atomic mass is 10.1. The molecule has 1 aromatic carbocycles. The fourth-order valence-corrected chi connectivity index (χ4v) is 3.12. The highest BCUT2D eigenvalue weighted by Gasteiger charge is 2.26. The van der Waals surface area contributed by atoms with Gasteiger partial charge in [-0.05, 0) is 50.6 Å². The highest BCUT2D eigenvalue weighted by atomic mass is 16.5. The SMILES string of the molecule is CCOc1ccccc1OCCN1CCC[C@H]1c1ccccn1. The zero-order chi connectivity index (χ0) is 15.9. The van der Waals surface area contributed by atoms with E-state index in [0.29, 0.717) is 19.3 Å². The van der Waals surface area contributed by atoms with Crippen molar-refractivity contribution in [1.82, 2.24) is 9.88 Å². The molecule has 3 rings (SSSR count). The van der Waals surface area contributed by atoms with Gasteiger partial charge in [0.2, 0.25) is 0 Å². The number of hydrogen-bond donors (Lipinski definition) is 0. The van der Waals surface area contributed by atoms with Crippen LogP contribution in [0.4, 0.5) is 0 Å². The maximum Gasteiger partial charge on any atom is 0.161 e. The molecular weight excluding hydrogens is 288 g/mol. The van der Waals surface area contributed by atoms with E-state index in [2.05, 4.69) is 22.0 Å². The Morgan fingerprint density at radius 1 is 1.09 bits per heavy atom. The van der Waals surface area contributed by atoms with Crippen molar-refractivity contribution < 1.29 is 9.47 Å². The van der Waals surface area contributed by atoms with Gasteiger partial charge in [0.1, 0.15) is 6.61 Å². The van der Waals surface area contributed by atoms with Gasteiger partial charge in [-0.25, -0.2) is 0 Å². The molecular formula is C19H24N2O2. The number of benzene rings is 1. The Labute approximate surface area is 138 Å². The summed E-state index contributed by atoms with van der Waals surface area (Å²) in [6, 6.07) is 14.4. The van der Waals surface area contributed by atoms with E-state index >= 15 is 0 Å². The first-order valence-electron chi connectivity index (χ1n) is 8.38. The molecule has 0 saturated carbocycles. The topological polar surface area (TPSA) is 34.6 Å². The third-order valence-electron chi connectivity index (χ3n) is 4.18. The smallest absolute Gasteiger partial charge is 0.161 e. The molecule has 4 heteroatoms. The highest BCUT2D eigenvalue weighted by molar-refractivity contribution is 5.39. The summed E-state index contributed by atoms with van der Waals surface area (Å²) < 4.78 is 11.6. The van der Waals surface area contributed by atoms with E-state index in [1.54, 1.807) is 0 Å². The van der Waals surface area contributed by atoms with Crippen LogP contribution < -0.4 is 9.47 Å². The van der Waals surface area contributed by atoms with Crippen molar-refractivity contribution in [2.24, 2.45) is 0 Å². The number of likely N-dealkylation sites (tertiary alicyclic amines) is 1. The minimum atomic E-state index is 0.418. The number of hydrogen-bond acceptors (Lipinski definition) is 4. The Balaban J connectivity index is 1.56. The van der Waals surface area contributed by atoms with Crippen molar-refractivity contribution in [3.05, 3.63) is 54.4 Å². The minimum Gasteiger partial charge on any atom is -0.490 e. The number of para-hydroxylation sites is 2. The van der Waals surface area contributed by atoms with E-state index in [0.717, 1.165) is 24.6 Å². The van der Waals surface area contributed by atoms with Gasteiger partial charge in [0, 0.05) is 12.7 Å². The maximum atomic E-state index is 5.95. The zero-order valence-corrected chi connectivity index (χ0v) is 13.6. The standard InChI is InChI=1S/C19H24N2O2/c1-2-22-18-10-3-4-11-19(18)23-15-14-21-13-7-9-17(21)16-8-5-6-12-20-16/h3-6,8,10-12,17H,2,7,9,13-15H2,1H3/t17-/m0/s1. The fraction of sp³-hybridized carbons (Fsp3) is 0.421. The van der Waals surface area contributed by atoms with Crippen LogP contribution >= 0.6 is 0 Å². The Kier molecular flexibility index (Phi) is 5.48. The molecule has 0 aliphatic carbocycles. The van der Waals surface area contributed by atoms with Crippen LogP contribution in [0.3, 0.4) is 0 Å². The van der Waals surface area contributed by atoms with E-state index in [1.807, 2.05) is 43.5 Å². The summed E-state index contributed by atoms with van der Waals surface area (Å²) in [7, 11) is 0. The number of ether oxygens (including phenoxy) is 2. The lowest BCUT2D eigenvalue weighted by molar-refractivity contribution is 0.190. The van der Waals surface area contributed by atoms with Crippen molar-refractivity contribution in [1.29, 1.82) is 0 Å². The van der Waals surface area contributed by atoms with Gasteiger partial charge < -0.3 is 9.47 Å². The monoisotopic (exact) mass is 312 g/mol. The number of pyridine rings is 1. The molecule has 122 valence electrons. The van der Waals surface area contributed by atoms with Crippen LogP contribution in [-0.2, 0) is 0 Å². The molecule has 0 amide bonds. The molecule has 1 aromatic heterocycles. The second kappa shape index (κ2) is 7.97. The van der Waals surface area contributed by atoms with Crippen molar-refractivity contribution >= 4 is 0 Å². The third-order valence-corrected chi connectivity index (χ3v) is 4.18. The van der Waals surface area contributed by atoms with Crippen LogP contribution in [0.5, 0.6) is 11.5 Å². The number of aromatic nitrogens is 1. The third kappa shape index (κ3) is 4.02. The van der Waals surface area contributed by atoms with Crippen molar-refractivity contribution in [3.8, 4) is 11.5 Å². The van der Waals surface area contributed by atoms with E-state index in [4.69, 9.17) is 9.47 Å². The molecule has 0 radical (unpaired) electrons. The molecule has 4 nitrogen and oxygen atoms in total. The molecule has 1 aliphatic heterocycles. The number of nitrogens with zero attached hydrogens (tertiary/aromatic N) is 2. The molecule has 1 saturated heterocycles.